The summed E-state index contributed by atoms with van der Waals surface area (Å²) in [5.41, 5.74) is 3.40. The molecule has 1 heterocycles. The SMILES string of the molecule is CC(C)(C)OC(=O)N1Cc2cccc(/C=C/C(=O)OCc3ccccc3)c2C1. The lowest BCUT2D eigenvalue weighted by atomic mass is 10.0. The molecule has 5 heteroatoms. The minimum Gasteiger partial charge on any atom is -0.458 e. The van der Waals surface area contributed by atoms with Crippen LogP contribution in [-0.4, -0.2) is 22.6 Å². The first-order chi connectivity index (χ1) is 13.3. The molecule has 0 N–H and O–H groups in total. The minimum atomic E-state index is -0.531. The highest BCUT2D eigenvalue weighted by Gasteiger charge is 2.28. The zero-order valence-corrected chi connectivity index (χ0v) is 16.5. The van der Waals surface area contributed by atoms with E-state index in [0.29, 0.717) is 13.1 Å². The molecule has 146 valence electrons. The van der Waals surface area contributed by atoms with Crippen LogP contribution in [0.25, 0.3) is 6.08 Å². The minimum absolute atomic E-state index is 0.239. The number of hydrogen-bond acceptors (Lipinski definition) is 4. The Labute approximate surface area is 165 Å². The van der Waals surface area contributed by atoms with Crippen molar-refractivity contribution in [2.45, 2.75) is 46.1 Å². The fourth-order valence-corrected chi connectivity index (χ4v) is 2.99. The third-order valence-electron chi connectivity index (χ3n) is 4.29. The molecule has 0 radical (unpaired) electrons. The van der Waals surface area contributed by atoms with Crippen molar-refractivity contribution < 1.29 is 19.1 Å². The second-order valence-corrected chi connectivity index (χ2v) is 7.75. The van der Waals surface area contributed by atoms with Crippen molar-refractivity contribution in [1.29, 1.82) is 0 Å². The zero-order chi connectivity index (χ0) is 20.1. The molecule has 2 aromatic carbocycles. The quantitative estimate of drug-likeness (QED) is 0.571. The van der Waals surface area contributed by atoms with Crippen LogP contribution in [0.3, 0.4) is 0 Å². The van der Waals surface area contributed by atoms with E-state index in [1.54, 1.807) is 11.0 Å². The van der Waals surface area contributed by atoms with Crippen LogP contribution >= 0.6 is 0 Å². The summed E-state index contributed by atoms with van der Waals surface area (Å²) in [4.78, 5) is 26.0. The highest BCUT2D eigenvalue weighted by Crippen LogP contribution is 2.28. The second kappa shape index (κ2) is 8.30. The van der Waals surface area contributed by atoms with Gasteiger partial charge in [0.1, 0.15) is 12.2 Å². The molecule has 0 bridgehead atoms. The summed E-state index contributed by atoms with van der Waals surface area (Å²) in [6, 6.07) is 15.4. The van der Waals surface area contributed by atoms with Gasteiger partial charge in [0.15, 0.2) is 0 Å². The molecule has 0 saturated heterocycles. The third kappa shape index (κ3) is 5.22. The average Bonchev–Trinajstić information content (AvgIpc) is 3.09. The number of amides is 1. The van der Waals surface area contributed by atoms with Crippen LogP contribution in [0.4, 0.5) is 4.79 Å². The standard InChI is InChI=1S/C23H25NO4/c1-23(2,3)28-22(26)24-14-19-11-7-10-18(20(19)15-24)12-13-21(25)27-16-17-8-5-4-6-9-17/h4-13H,14-16H2,1-3H3/b13-12+. The van der Waals surface area contributed by atoms with E-state index >= 15 is 0 Å². The molecular weight excluding hydrogens is 354 g/mol. The van der Waals surface area contributed by atoms with Crippen LogP contribution in [0.2, 0.25) is 0 Å². The van der Waals surface area contributed by atoms with Crippen molar-refractivity contribution in [2.24, 2.45) is 0 Å². The maximum Gasteiger partial charge on any atom is 0.410 e. The first-order valence-electron chi connectivity index (χ1n) is 9.29. The molecule has 1 amide bonds. The van der Waals surface area contributed by atoms with Crippen LogP contribution in [-0.2, 0) is 34.0 Å². The number of rotatable bonds is 4. The predicted octanol–water partition coefficient (Wildman–Crippen LogP) is 4.69. The number of fused-ring (bicyclic) bond motifs is 1. The lowest BCUT2D eigenvalue weighted by Crippen LogP contribution is -2.33. The Morgan fingerprint density at radius 3 is 2.50 bits per heavy atom. The number of ether oxygens (including phenoxy) is 2. The number of carbonyl (C=O) groups is 2. The van der Waals surface area contributed by atoms with Gasteiger partial charge in [0.05, 0.1) is 6.54 Å². The Balaban J connectivity index is 1.63. The molecule has 1 aliphatic rings. The van der Waals surface area contributed by atoms with Crippen molar-refractivity contribution in [3.8, 4) is 0 Å². The van der Waals surface area contributed by atoms with E-state index in [4.69, 9.17) is 9.47 Å². The van der Waals surface area contributed by atoms with Gasteiger partial charge in [-0.3, -0.25) is 4.90 Å². The van der Waals surface area contributed by atoms with Crippen molar-refractivity contribution in [1.82, 2.24) is 4.90 Å². The van der Waals surface area contributed by atoms with Crippen molar-refractivity contribution in [3.63, 3.8) is 0 Å². The van der Waals surface area contributed by atoms with Gasteiger partial charge in [0.25, 0.3) is 0 Å². The molecule has 0 aliphatic carbocycles. The summed E-state index contributed by atoms with van der Waals surface area (Å²) in [6.07, 6.45) is 2.83. The maximum absolute atomic E-state index is 12.3. The van der Waals surface area contributed by atoms with E-state index in [1.165, 1.54) is 6.08 Å². The van der Waals surface area contributed by atoms with Crippen molar-refractivity contribution in [2.75, 3.05) is 0 Å². The predicted molar refractivity (Wildman–Crippen MR) is 107 cm³/mol. The summed E-state index contributed by atoms with van der Waals surface area (Å²) in [6.45, 7) is 6.76. The molecule has 0 unspecified atom stereocenters. The molecule has 3 rings (SSSR count). The molecular formula is C23H25NO4. The van der Waals surface area contributed by atoms with E-state index in [9.17, 15) is 9.59 Å². The van der Waals surface area contributed by atoms with Crippen LogP contribution < -0.4 is 0 Å². The van der Waals surface area contributed by atoms with Crippen LogP contribution in [0.5, 0.6) is 0 Å². The normalized spacial score (nSPS) is 13.5. The number of hydrogen-bond donors (Lipinski definition) is 0. The molecule has 5 nitrogen and oxygen atoms in total. The van der Waals surface area contributed by atoms with E-state index in [1.807, 2.05) is 69.3 Å². The van der Waals surface area contributed by atoms with E-state index in [-0.39, 0.29) is 12.7 Å². The Morgan fingerprint density at radius 1 is 1.04 bits per heavy atom. The van der Waals surface area contributed by atoms with E-state index < -0.39 is 11.6 Å². The lowest BCUT2D eigenvalue weighted by molar-refractivity contribution is -0.138. The fraction of sp³-hybridized carbons (Fsp3) is 0.304. The monoisotopic (exact) mass is 379 g/mol. The molecule has 0 aromatic heterocycles. The van der Waals surface area contributed by atoms with Gasteiger partial charge in [-0.1, -0.05) is 48.5 Å². The van der Waals surface area contributed by atoms with Crippen LogP contribution in [0.1, 0.15) is 43.0 Å². The molecule has 0 spiro atoms. The average molecular weight is 379 g/mol. The summed E-state index contributed by atoms with van der Waals surface area (Å²) in [7, 11) is 0. The first-order valence-corrected chi connectivity index (χ1v) is 9.29. The third-order valence-corrected chi connectivity index (χ3v) is 4.29. The summed E-state index contributed by atoms with van der Waals surface area (Å²) in [5.74, 6) is -0.400. The smallest absolute Gasteiger partial charge is 0.410 e. The van der Waals surface area contributed by atoms with Crippen LogP contribution in [0.15, 0.2) is 54.6 Å². The highest BCUT2D eigenvalue weighted by atomic mass is 16.6. The van der Waals surface area contributed by atoms with Gasteiger partial charge in [-0.15, -0.1) is 0 Å². The number of esters is 1. The van der Waals surface area contributed by atoms with Crippen LogP contribution in [0, 0.1) is 0 Å². The van der Waals surface area contributed by atoms with Gasteiger partial charge in [0, 0.05) is 12.6 Å². The van der Waals surface area contributed by atoms with Gasteiger partial charge in [-0.05, 0) is 49.1 Å². The lowest BCUT2D eigenvalue weighted by Gasteiger charge is -2.24. The molecule has 1 aliphatic heterocycles. The van der Waals surface area contributed by atoms with E-state index in [2.05, 4.69) is 0 Å². The maximum atomic E-state index is 12.3. The molecule has 0 atom stereocenters. The van der Waals surface area contributed by atoms with Gasteiger partial charge < -0.3 is 9.47 Å². The summed E-state index contributed by atoms with van der Waals surface area (Å²) in [5, 5.41) is 0. The topological polar surface area (TPSA) is 55.8 Å². The first kappa shape index (κ1) is 19.7. The van der Waals surface area contributed by atoms with Gasteiger partial charge >= 0.3 is 12.1 Å². The second-order valence-electron chi connectivity index (χ2n) is 7.75. The molecule has 0 fully saturated rings. The van der Waals surface area contributed by atoms with E-state index in [0.717, 1.165) is 22.3 Å². The Hall–Kier alpha value is -3.08. The Morgan fingerprint density at radius 2 is 1.79 bits per heavy atom. The molecule has 0 saturated carbocycles. The van der Waals surface area contributed by atoms with Crippen molar-refractivity contribution in [3.05, 3.63) is 76.9 Å². The molecule has 2 aromatic rings. The van der Waals surface area contributed by atoms with Gasteiger partial charge in [0.2, 0.25) is 0 Å². The highest BCUT2D eigenvalue weighted by molar-refractivity contribution is 5.87. The number of benzene rings is 2. The number of carbonyl (C=O) groups excluding carboxylic acids is 2. The fourth-order valence-electron chi connectivity index (χ4n) is 2.99. The summed E-state index contributed by atoms with van der Waals surface area (Å²) < 4.78 is 10.7. The molecule has 28 heavy (non-hydrogen) atoms. The Kier molecular flexibility index (Phi) is 5.83. The van der Waals surface area contributed by atoms with Gasteiger partial charge in [-0.2, -0.15) is 0 Å². The largest absolute Gasteiger partial charge is 0.458 e. The zero-order valence-electron chi connectivity index (χ0n) is 16.5. The number of nitrogens with zero attached hydrogens (tertiary/aromatic N) is 1. The summed E-state index contributed by atoms with van der Waals surface area (Å²) >= 11 is 0. The Bertz CT molecular complexity index is 881. The van der Waals surface area contributed by atoms with Crippen molar-refractivity contribution >= 4 is 18.1 Å². The van der Waals surface area contributed by atoms with Gasteiger partial charge in [-0.25, -0.2) is 9.59 Å².